The Balaban J connectivity index is 4.83. The summed E-state index contributed by atoms with van der Waals surface area (Å²) >= 11 is 0. The van der Waals surface area contributed by atoms with Gasteiger partial charge in [-0.25, -0.2) is 0 Å². The first kappa shape index (κ1) is 11.8. The van der Waals surface area contributed by atoms with E-state index < -0.39 is 27.2 Å². The normalized spacial score (nSPS) is 13.4. The molecule has 13 heavy (non-hydrogen) atoms. The Morgan fingerprint density at radius 2 is 2.00 bits per heavy atom. The van der Waals surface area contributed by atoms with E-state index >= 15 is 0 Å². The molecule has 0 rings (SSSR count). The number of guanidine groups is 1. The van der Waals surface area contributed by atoms with Gasteiger partial charge in [-0.2, -0.15) is 13.4 Å². The van der Waals surface area contributed by atoms with Crippen LogP contribution in [-0.4, -0.2) is 30.1 Å². The van der Waals surface area contributed by atoms with Crippen LogP contribution in [0, 0.1) is 0 Å². The average molecular weight is 209 g/mol. The predicted molar refractivity (Wildman–Crippen MR) is 46.4 cm³/mol. The van der Waals surface area contributed by atoms with Crippen molar-refractivity contribution in [3.63, 3.8) is 0 Å². The van der Waals surface area contributed by atoms with Crippen molar-refractivity contribution >= 4 is 22.0 Å². The van der Waals surface area contributed by atoms with E-state index in [2.05, 4.69) is 4.99 Å². The van der Waals surface area contributed by atoms with Gasteiger partial charge in [-0.15, -0.1) is 0 Å². The largest absolute Gasteiger partial charge is 0.370 e. The van der Waals surface area contributed by atoms with Crippen LogP contribution >= 0.6 is 0 Å². The number of nitrogens with two attached hydrogens (primary N) is 2. The minimum atomic E-state index is -4.43. The molecule has 0 aliphatic carbocycles. The van der Waals surface area contributed by atoms with Gasteiger partial charge < -0.3 is 11.5 Å². The van der Waals surface area contributed by atoms with Crippen LogP contribution in [0.2, 0.25) is 0 Å². The molecule has 0 aromatic carbocycles. The molecule has 8 heteroatoms. The van der Waals surface area contributed by atoms with Gasteiger partial charge >= 0.3 is 0 Å². The SMILES string of the molecule is CCC(C(=O)N=C(N)N)S(=O)(=O)O. The quantitative estimate of drug-likeness (QED) is 0.292. The molecular formula is C5H11N3O4S. The summed E-state index contributed by atoms with van der Waals surface area (Å²) in [6.45, 7) is 1.42. The van der Waals surface area contributed by atoms with E-state index in [9.17, 15) is 13.2 Å². The Bertz CT molecular complexity index is 317. The fourth-order valence-corrected chi connectivity index (χ4v) is 1.44. The number of rotatable bonds is 3. The standard InChI is InChI=1S/C5H11N3O4S/c1-2-3(13(10,11)12)4(9)8-5(6)7/h3H,2H2,1H3,(H,10,11,12)(H4,6,7,8,9). The molecular weight excluding hydrogens is 198 g/mol. The Hall–Kier alpha value is -1.15. The Kier molecular flexibility index (Phi) is 3.82. The monoisotopic (exact) mass is 209 g/mol. The van der Waals surface area contributed by atoms with Crippen LogP contribution in [0.25, 0.3) is 0 Å². The van der Waals surface area contributed by atoms with Crippen LogP contribution in [0.3, 0.4) is 0 Å². The molecule has 0 bridgehead atoms. The topological polar surface area (TPSA) is 136 Å². The molecule has 76 valence electrons. The van der Waals surface area contributed by atoms with Crippen LogP contribution in [0.5, 0.6) is 0 Å². The van der Waals surface area contributed by atoms with Gasteiger partial charge in [0.1, 0.15) is 0 Å². The number of aliphatic imine (C=N–C) groups is 1. The molecule has 0 heterocycles. The zero-order valence-electron chi connectivity index (χ0n) is 6.97. The molecule has 0 spiro atoms. The molecule has 5 N–H and O–H groups in total. The first-order valence-corrected chi connectivity index (χ1v) is 4.89. The molecule has 1 amide bonds. The molecule has 1 unspecified atom stereocenters. The fraction of sp³-hybridized carbons (Fsp3) is 0.600. The number of amides is 1. The van der Waals surface area contributed by atoms with E-state index in [-0.39, 0.29) is 6.42 Å². The third kappa shape index (κ3) is 3.85. The summed E-state index contributed by atoms with van der Waals surface area (Å²) in [6, 6.07) is 0. The highest BCUT2D eigenvalue weighted by molar-refractivity contribution is 7.87. The highest BCUT2D eigenvalue weighted by atomic mass is 32.2. The first-order chi connectivity index (χ1) is 5.79. The molecule has 0 aromatic heterocycles. The van der Waals surface area contributed by atoms with Crippen LogP contribution in [0.15, 0.2) is 4.99 Å². The summed E-state index contributed by atoms with van der Waals surface area (Å²) in [7, 11) is -4.43. The van der Waals surface area contributed by atoms with Crippen molar-refractivity contribution in [2.24, 2.45) is 16.5 Å². The second-order valence-corrected chi connectivity index (χ2v) is 3.89. The third-order valence-electron chi connectivity index (χ3n) is 1.25. The van der Waals surface area contributed by atoms with Crippen molar-refractivity contribution < 1.29 is 17.8 Å². The lowest BCUT2D eigenvalue weighted by Gasteiger charge is -2.05. The first-order valence-electron chi connectivity index (χ1n) is 3.38. The van der Waals surface area contributed by atoms with Crippen LogP contribution in [-0.2, 0) is 14.9 Å². The van der Waals surface area contributed by atoms with Gasteiger partial charge in [0.25, 0.3) is 16.0 Å². The maximum absolute atomic E-state index is 10.9. The van der Waals surface area contributed by atoms with E-state index in [1.807, 2.05) is 0 Å². The third-order valence-corrected chi connectivity index (χ3v) is 2.50. The van der Waals surface area contributed by atoms with Crippen molar-refractivity contribution in [1.82, 2.24) is 0 Å². The minimum Gasteiger partial charge on any atom is -0.370 e. The highest BCUT2D eigenvalue weighted by Crippen LogP contribution is 2.05. The molecule has 0 aromatic rings. The van der Waals surface area contributed by atoms with Crippen LogP contribution in [0.1, 0.15) is 13.3 Å². The number of carbonyl (C=O) groups excluding carboxylic acids is 1. The average Bonchev–Trinajstić information content (AvgIpc) is 1.82. The van der Waals surface area contributed by atoms with E-state index in [0.717, 1.165) is 0 Å². The van der Waals surface area contributed by atoms with Gasteiger partial charge in [-0.1, -0.05) is 6.92 Å². The molecule has 0 aliphatic rings. The maximum Gasteiger partial charge on any atom is 0.277 e. The van der Waals surface area contributed by atoms with Crippen molar-refractivity contribution in [2.45, 2.75) is 18.6 Å². The highest BCUT2D eigenvalue weighted by Gasteiger charge is 2.28. The zero-order chi connectivity index (χ0) is 10.6. The zero-order valence-corrected chi connectivity index (χ0v) is 7.78. The van der Waals surface area contributed by atoms with Gasteiger partial charge in [0.15, 0.2) is 11.2 Å². The summed E-state index contributed by atoms with van der Waals surface area (Å²) in [6.07, 6.45) is -0.0888. The lowest BCUT2D eigenvalue weighted by Crippen LogP contribution is -2.32. The van der Waals surface area contributed by atoms with Gasteiger partial charge in [-0.3, -0.25) is 9.35 Å². The molecule has 0 fully saturated rings. The Labute approximate surface area is 75.6 Å². The Morgan fingerprint density at radius 3 is 2.23 bits per heavy atom. The van der Waals surface area contributed by atoms with Gasteiger partial charge in [0.2, 0.25) is 0 Å². The molecule has 0 radical (unpaired) electrons. The second-order valence-electron chi connectivity index (χ2n) is 2.29. The van der Waals surface area contributed by atoms with Crippen molar-refractivity contribution in [1.29, 1.82) is 0 Å². The van der Waals surface area contributed by atoms with E-state index in [0.29, 0.717) is 0 Å². The molecule has 0 saturated heterocycles. The number of nitrogens with zero attached hydrogens (tertiary/aromatic N) is 1. The van der Waals surface area contributed by atoms with E-state index in [1.54, 1.807) is 0 Å². The van der Waals surface area contributed by atoms with Crippen LogP contribution < -0.4 is 11.5 Å². The Morgan fingerprint density at radius 1 is 1.54 bits per heavy atom. The molecule has 1 atom stereocenters. The number of hydrogen-bond acceptors (Lipinski definition) is 3. The van der Waals surface area contributed by atoms with E-state index in [4.69, 9.17) is 16.0 Å². The van der Waals surface area contributed by atoms with Crippen molar-refractivity contribution in [2.75, 3.05) is 0 Å². The predicted octanol–water partition coefficient (Wildman–Crippen LogP) is -1.55. The summed E-state index contributed by atoms with van der Waals surface area (Å²) in [4.78, 5) is 14.0. The second kappa shape index (κ2) is 4.19. The maximum atomic E-state index is 10.9. The minimum absolute atomic E-state index is 0.0888. The van der Waals surface area contributed by atoms with Crippen LogP contribution in [0.4, 0.5) is 0 Å². The molecule has 0 saturated carbocycles. The van der Waals surface area contributed by atoms with Crippen molar-refractivity contribution in [3.05, 3.63) is 0 Å². The number of carbonyl (C=O) groups is 1. The summed E-state index contributed by atoms with van der Waals surface area (Å²) < 4.78 is 29.7. The smallest absolute Gasteiger partial charge is 0.277 e. The number of hydrogen-bond donors (Lipinski definition) is 3. The molecule has 0 aliphatic heterocycles. The summed E-state index contributed by atoms with van der Waals surface area (Å²) in [5.74, 6) is -1.60. The lowest BCUT2D eigenvalue weighted by molar-refractivity contribution is -0.117. The summed E-state index contributed by atoms with van der Waals surface area (Å²) in [5, 5.41) is -1.59. The lowest BCUT2D eigenvalue weighted by atomic mass is 10.3. The fourth-order valence-electron chi connectivity index (χ4n) is 0.712. The van der Waals surface area contributed by atoms with E-state index in [1.165, 1.54) is 6.92 Å². The van der Waals surface area contributed by atoms with Gasteiger partial charge in [-0.05, 0) is 6.42 Å². The van der Waals surface area contributed by atoms with Gasteiger partial charge in [0.05, 0.1) is 0 Å². The van der Waals surface area contributed by atoms with Gasteiger partial charge in [0, 0.05) is 0 Å². The molecule has 7 nitrogen and oxygen atoms in total. The van der Waals surface area contributed by atoms with Crippen molar-refractivity contribution in [3.8, 4) is 0 Å². The summed E-state index contributed by atoms with van der Waals surface area (Å²) in [5.41, 5.74) is 9.72.